The molecule has 78 valence electrons. The fraction of sp³-hybridized carbons (Fsp3) is 0.222. The Labute approximate surface area is 94.3 Å². The molecule has 6 heteroatoms. The number of imidazole rings is 1. The van der Waals surface area contributed by atoms with Crippen molar-refractivity contribution in [2.45, 2.75) is 5.33 Å². The zero-order chi connectivity index (χ0) is 10.8. The largest absolute Gasteiger partial charge is 0.331 e. The van der Waals surface area contributed by atoms with E-state index in [1.807, 2.05) is 7.05 Å². The minimum atomic E-state index is -0.127. The monoisotopic (exact) mass is 268 g/mol. The van der Waals surface area contributed by atoms with Crippen LogP contribution < -0.4 is 5.56 Å². The van der Waals surface area contributed by atoms with Crippen LogP contribution in [0.25, 0.3) is 11.5 Å². The molecule has 0 aliphatic heterocycles. The Hall–Kier alpha value is -1.43. The fourth-order valence-electron chi connectivity index (χ4n) is 1.23. The quantitative estimate of drug-likeness (QED) is 0.829. The minimum Gasteiger partial charge on any atom is -0.331 e. The third kappa shape index (κ3) is 1.85. The van der Waals surface area contributed by atoms with Gasteiger partial charge in [0.2, 0.25) is 0 Å². The van der Waals surface area contributed by atoms with E-state index in [1.165, 1.54) is 0 Å². The predicted octanol–water partition coefficient (Wildman–Crippen LogP) is 1.07. The lowest BCUT2D eigenvalue weighted by Gasteiger charge is -2.01. The number of alkyl halides is 1. The second kappa shape index (κ2) is 3.98. The SMILES string of the molecule is Cn1cncc1-c1ncc(CBr)c(=O)[nH]1. The molecule has 0 fully saturated rings. The first-order valence-corrected chi connectivity index (χ1v) is 5.45. The summed E-state index contributed by atoms with van der Waals surface area (Å²) in [6, 6.07) is 0. The smallest absolute Gasteiger partial charge is 0.255 e. The second-order valence-corrected chi connectivity index (χ2v) is 3.67. The van der Waals surface area contributed by atoms with Gasteiger partial charge < -0.3 is 9.55 Å². The number of nitrogens with one attached hydrogen (secondary N) is 1. The number of aromatic nitrogens is 4. The van der Waals surface area contributed by atoms with Crippen LogP contribution in [0.15, 0.2) is 23.5 Å². The molecule has 0 amide bonds. The van der Waals surface area contributed by atoms with Crippen molar-refractivity contribution in [1.82, 2.24) is 19.5 Å². The summed E-state index contributed by atoms with van der Waals surface area (Å²) in [4.78, 5) is 22.4. The van der Waals surface area contributed by atoms with Gasteiger partial charge in [-0.1, -0.05) is 15.9 Å². The molecule has 0 saturated carbocycles. The van der Waals surface area contributed by atoms with Crippen molar-refractivity contribution in [2.24, 2.45) is 7.05 Å². The van der Waals surface area contributed by atoms with Gasteiger partial charge in [-0.15, -0.1) is 0 Å². The molecule has 0 saturated heterocycles. The molecule has 5 nitrogen and oxygen atoms in total. The van der Waals surface area contributed by atoms with Crippen molar-refractivity contribution in [3.05, 3.63) is 34.6 Å². The van der Waals surface area contributed by atoms with Crippen LogP contribution in [0.1, 0.15) is 5.56 Å². The van der Waals surface area contributed by atoms with Crippen molar-refractivity contribution in [3.8, 4) is 11.5 Å². The number of rotatable bonds is 2. The first kappa shape index (κ1) is 10.1. The maximum Gasteiger partial charge on any atom is 0.255 e. The molecule has 0 aliphatic rings. The molecule has 0 bridgehead atoms. The van der Waals surface area contributed by atoms with Gasteiger partial charge in [-0.2, -0.15) is 0 Å². The summed E-state index contributed by atoms with van der Waals surface area (Å²) in [6.45, 7) is 0. The average molecular weight is 269 g/mol. The summed E-state index contributed by atoms with van der Waals surface area (Å²) in [6.07, 6.45) is 4.88. The van der Waals surface area contributed by atoms with E-state index in [2.05, 4.69) is 30.9 Å². The van der Waals surface area contributed by atoms with Crippen LogP contribution in [-0.2, 0) is 12.4 Å². The molecule has 0 spiro atoms. The lowest BCUT2D eigenvalue weighted by molar-refractivity contribution is 0.904. The Morgan fingerprint density at radius 2 is 2.33 bits per heavy atom. The number of hydrogen-bond donors (Lipinski definition) is 1. The molecular weight excluding hydrogens is 260 g/mol. The van der Waals surface area contributed by atoms with E-state index in [0.29, 0.717) is 16.7 Å². The molecule has 0 unspecified atom stereocenters. The van der Waals surface area contributed by atoms with E-state index in [-0.39, 0.29) is 5.56 Å². The molecule has 15 heavy (non-hydrogen) atoms. The van der Waals surface area contributed by atoms with Crippen molar-refractivity contribution >= 4 is 15.9 Å². The van der Waals surface area contributed by atoms with Gasteiger partial charge in [0, 0.05) is 24.1 Å². The first-order chi connectivity index (χ1) is 7.22. The summed E-state index contributed by atoms with van der Waals surface area (Å²) < 4.78 is 1.80. The summed E-state index contributed by atoms with van der Waals surface area (Å²) in [5.41, 5.74) is 1.27. The highest BCUT2D eigenvalue weighted by molar-refractivity contribution is 9.08. The molecule has 0 atom stereocenters. The zero-order valence-electron chi connectivity index (χ0n) is 8.07. The van der Waals surface area contributed by atoms with Crippen molar-refractivity contribution in [1.29, 1.82) is 0 Å². The van der Waals surface area contributed by atoms with Crippen LogP contribution in [0.2, 0.25) is 0 Å². The molecule has 0 aromatic carbocycles. The van der Waals surface area contributed by atoms with Gasteiger partial charge in [0.15, 0.2) is 5.82 Å². The summed E-state index contributed by atoms with van der Waals surface area (Å²) in [5, 5.41) is 0.501. The minimum absolute atomic E-state index is 0.127. The third-order valence-electron chi connectivity index (χ3n) is 2.08. The van der Waals surface area contributed by atoms with Gasteiger partial charge in [-0.25, -0.2) is 9.97 Å². The van der Waals surface area contributed by atoms with Crippen LogP contribution in [0, 0.1) is 0 Å². The first-order valence-electron chi connectivity index (χ1n) is 4.33. The Balaban J connectivity index is 2.52. The third-order valence-corrected chi connectivity index (χ3v) is 2.68. The molecule has 0 aliphatic carbocycles. The van der Waals surface area contributed by atoms with Crippen LogP contribution in [-0.4, -0.2) is 19.5 Å². The van der Waals surface area contributed by atoms with Gasteiger partial charge in [0.25, 0.3) is 5.56 Å². The number of hydrogen-bond acceptors (Lipinski definition) is 3. The van der Waals surface area contributed by atoms with E-state index < -0.39 is 0 Å². The Bertz CT molecular complexity index is 531. The molecule has 2 aromatic heterocycles. The van der Waals surface area contributed by atoms with Crippen LogP contribution in [0.4, 0.5) is 0 Å². The molecule has 2 rings (SSSR count). The van der Waals surface area contributed by atoms with E-state index in [1.54, 1.807) is 23.3 Å². The topological polar surface area (TPSA) is 63.6 Å². The van der Waals surface area contributed by atoms with Gasteiger partial charge in [-0.05, 0) is 0 Å². The lowest BCUT2D eigenvalue weighted by Crippen LogP contribution is -2.13. The highest BCUT2D eigenvalue weighted by atomic mass is 79.9. The van der Waals surface area contributed by atoms with E-state index in [4.69, 9.17) is 0 Å². The van der Waals surface area contributed by atoms with Crippen LogP contribution in [0.5, 0.6) is 0 Å². The van der Waals surface area contributed by atoms with Gasteiger partial charge >= 0.3 is 0 Å². The van der Waals surface area contributed by atoms with Gasteiger partial charge in [-0.3, -0.25) is 4.79 Å². The van der Waals surface area contributed by atoms with Gasteiger partial charge in [0.05, 0.1) is 12.5 Å². The van der Waals surface area contributed by atoms with Crippen molar-refractivity contribution in [2.75, 3.05) is 0 Å². The summed E-state index contributed by atoms with van der Waals surface area (Å²) in [5.74, 6) is 0.532. The van der Waals surface area contributed by atoms with Crippen molar-refractivity contribution < 1.29 is 0 Å². The fourth-order valence-corrected chi connectivity index (χ4v) is 1.63. The van der Waals surface area contributed by atoms with E-state index in [0.717, 1.165) is 5.69 Å². The number of halogens is 1. The van der Waals surface area contributed by atoms with E-state index in [9.17, 15) is 4.79 Å². The normalized spacial score (nSPS) is 10.5. The predicted molar refractivity (Wildman–Crippen MR) is 59.7 cm³/mol. The Morgan fingerprint density at radius 3 is 2.87 bits per heavy atom. The second-order valence-electron chi connectivity index (χ2n) is 3.11. The van der Waals surface area contributed by atoms with Crippen molar-refractivity contribution in [3.63, 3.8) is 0 Å². The Kier molecular flexibility index (Phi) is 2.68. The summed E-state index contributed by atoms with van der Waals surface area (Å²) in [7, 11) is 1.85. The average Bonchev–Trinajstić information content (AvgIpc) is 2.64. The van der Waals surface area contributed by atoms with Crippen LogP contribution >= 0.6 is 15.9 Å². The number of aromatic amines is 1. The van der Waals surface area contributed by atoms with Gasteiger partial charge in [0.1, 0.15) is 5.69 Å². The number of aryl methyl sites for hydroxylation is 1. The molecule has 2 aromatic rings. The number of nitrogens with zero attached hydrogens (tertiary/aromatic N) is 3. The van der Waals surface area contributed by atoms with Crippen LogP contribution in [0.3, 0.4) is 0 Å². The summed E-state index contributed by atoms with van der Waals surface area (Å²) >= 11 is 3.22. The number of H-pyrrole nitrogens is 1. The highest BCUT2D eigenvalue weighted by Crippen LogP contribution is 2.10. The maximum atomic E-state index is 11.5. The maximum absolute atomic E-state index is 11.5. The lowest BCUT2D eigenvalue weighted by atomic mass is 10.3. The zero-order valence-corrected chi connectivity index (χ0v) is 9.65. The van der Waals surface area contributed by atoms with E-state index >= 15 is 0 Å². The molecule has 2 heterocycles. The Morgan fingerprint density at radius 1 is 1.53 bits per heavy atom. The molecular formula is C9H9BrN4O. The standard InChI is InChI=1S/C9H9BrN4O/c1-14-5-11-4-7(14)8-12-3-6(2-10)9(15)13-8/h3-5H,2H2,1H3,(H,12,13,15). The molecule has 0 radical (unpaired) electrons. The highest BCUT2D eigenvalue weighted by Gasteiger charge is 2.06. The molecule has 1 N–H and O–H groups in total.